The van der Waals surface area contributed by atoms with E-state index in [0.29, 0.717) is 0 Å². The van der Waals surface area contributed by atoms with E-state index in [4.69, 9.17) is 0 Å². The maximum absolute atomic E-state index is 4.57. The second-order valence-electron chi connectivity index (χ2n) is 8.13. The number of anilines is 3. The van der Waals surface area contributed by atoms with Crippen molar-refractivity contribution < 1.29 is 0 Å². The zero-order valence-corrected chi connectivity index (χ0v) is 18.3. The molecular weight excluding hydrogens is 404 g/mol. The van der Waals surface area contributed by atoms with Gasteiger partial charge in [-0.25, -0.2) is 4.98 Å². The molecule has 0 N–H and O–H groups in total. The number of benzene rings is 3. The van der Waals surface area contributed by atoms with Crippen LogP contribution in [0, 0.1) is 0 Å². The number of pyridine rings is 1. The van der Waals surface area contributed by atoms with Crippen LogP contribution in [0.25, 0.3) is 34.8 Å². The van der Waals surface area contributed by atoms with E-state index in [9.17, 15) is 0 Å². The van der Waals surface area contributed by atoms with Crippen LogP contribution >= 0.6 is 0 Å². The third-order valence-electron chi connectivity index (χ3n) is 6.04. The summed E-state index contributed by atoms with van der Waals surface area (Å²) in [5.41, 5.74) is 8.82. The Balaban J connectivity index is 1.57. The number of aromatic nitrogens is 3. The van der Waals surface area contributed by atoms with Gasteiger partial charge in [-0.15, -0.1) is 0 Å². The molecule has 0 bridgehead atoms. The molecule has 3 heterocycles. The monoisotopic (exact) mass is 426 g/mol. The molecular formula is C29H22N4. The molecule has 1 aliphatic heterocycles. The third kappa shape index (κ3) is 3.42. The van der Waals surface area contributed by atoms with Crippen molar-refractivity contribution in [2.45, 2.75) is 0 Å². The lowest BCUT2D eigenvalue weighted by Crippen LogP contribution is -2.12. The average molecular weight is 427 g/mol. The standard InChI is InChI=1S/C29H22N4/c1-32-18-17-31-29(32)24-15-14-22-13-12-21-7-2-3-11-27(21)33(28(22)20-24)25-9-6-8-23(19-25)26-10-4-5-16-30-26/h2-20H,1H3. The Labute approximate surface area is 193 Å². The molecule has 2 aromatic heterocycles. The van der Waals surface area contributed by atoms with Gasteiger partial charge in [0.2, 0.25) is 0 Å². The summed E-state index contributed by atoms with van der Waals surface area (Å²) >= 11 is 0. The normalized spacial score (nSPS) is 12.2. The van der Waals surface area contributed by atoms with Crippen molar-refractivity contribution in [2.75, 3.05) is 4.90 Å². The Morgan fingerprint density at radius 3 is 2.30 bits per heavy atom. The van der Waals surface area contributed by atoms with Crippen LogP contribution in [-0.2, 0) is 7.05 Å². The lowest BCUT2D eigenvalue weighted by atomic mass is 10.0. The van der Waals surface area contributed by atoms with Gasteiger partial charge in [-0.05, 0) is 47.5 Å². The summed E-state index contributed by atoms with van der Waals surface area (Å²) in [7, 11) is 2.03. The van der Waals surface area contributed by atoms with Crippen LogP contribution in [0.1, 0.15) is 11.1 Å². The fourth-order valence-electron chi connectivity index (χ4n) is 4.42. The molecule has 0 unspecified atom stereocenters. The second-order valence-corrected chi connectivity index (χ2v) is 8.13. The van der Waals surface area contributed by atoms with Crippen LogP contribution in [0.15, 0.2) is 104 Å². The number of aryl methyl sites for hydroxylation is 1. The van der Waals surface area contributed by atoms with E-state index in [0.717, 1.165) is 45.3 Å². The van der Waals surface area contributed by atoms with Gasteiger partial charge >= 0.3 is 0 Å². The lowest BCUT2D eigenvalue weighted by Gasteiger charge is -2.28. The van der Waals surface area contributed by atoms with Gasteiger partial charge in [-0.2, -0.15) is 0 Å². The van der Waals surface area contributed by atoms with Gasteiger partial charge in [-0.3, -0.25) is 4.98 Å². The number of nitrogens with zero attached hydrogens (tertiary/aromatic N) is 4. The van der Waals surface area contributed by atoms with E-state index < -0.39 is 0 Å². The van der Waals surface area contributed by atoms with E-state index in [1.165, 1.54) is 5.56 Å². The number of fused-ring (bicyclic) bond motifs is 2. The van der Waals surface area contributed by atoms with E-state index >= 15 is 0 Å². The summed E-state index contributed by atoms with van der Waals surface area (Å²) in [6.45, 7) is 0. The first-order chi connectivity index (χ1) is 16.3. The zero-order valence-electron chi connectivity index (χ0n) is 18.3. The highest BCUT2D eigenvalue weighted by molar-refractivity contribution is 5.94. The van der Waals surface area contributed by atoms with Crippen LogP contribution in [-0.4, -0.2) is 14.5 Å². The van der Waals surface area contributed by atoms with Crippen molar-refractivity contribution in [3.63, 3.8) is 0 Å². The van der Waals surface area contributed by atoms with Crippen molar-refractivity contribution >= 4 is 29.2 Å². The van der Waals surface area contributed by atoms with Crippen molar-refractivity contribution in [2.24, 2.45) is 7.05 Å². The maximum Gasteiger partial charge on any atom is 0.139 e. The Morgan fingerprint density at radius 2 is 1.48 bits per heavy atom. The number of hydrogen-bond acceptors (Lipinski definition) is 3. The smallest absolute Gasteiger partial charge is 0.139 e. The van der Waals surface area contributed by atoms with Gasteiger partial charge in [0, 0.05) is 42.5 Å². The summed E-state index contributed by atoms with van der Waals surface area (Å²) in [6.07, 6.45) is 10.0. The summed E-state index contributed by atoms with van der Waals surface area (Å²) in [5, 5.41) is 0. The largest absolute Gasteiger partial charge is 0.334 e. The predicted octanol–water partition coefficient (Wildman–Crippen LogP) is 7.10. The zero-order chi connectivity index (χ0) is 22.2. The van der Waals surface area contributed by atoms with Crippen molar-refractivity contribution in [1.29, 1.82) is 0 Å². The van der Waals surface area contributed by atoms with Gasteiger partial charge in [0.25, 0.3) is 0 Å². The number of para-hydroxylation sites is 1. The highest BCUT2D eigenvalue weighted by atomic mass is 15.1. The van der Waals surface area contributed by atoms with E-state index in [1.807, 2.05) is 48.4 Å². The molecule has 158 valence electrons. The van der Waals surface area contributed by atoms with Gasteiger partial charge in [0.1, 0.15) is 5.82 Å². The van der Waals surface area contributed by atoms with Crippen LogP contribution < -0.4 is 4.90 Å². The van der Waals surface area contributed by atoms with Crippen LogP contribution in [0.3, 0.4) is 0 Å². The third-order valence-corrected chi connectivity index (χ3v) is 6.04. The SMILES string of the molecule is Cn1ccnc1-c1ccc2c(c1)N(c1cccc(-c3ccccn3)c1)c1ccccc1C=C2. The fraction of sp³-hybridized carbons (Fsp3) is 0.0345. The number of imidazole rings is 1. The van der Waals surface area contributed by atoms with Crippen LogP contribution in [0.5, 0.6) is 0 Å². The predicted molar refractivity (Wildman–Crippen MR) is 135 cm³/mol. The van der Waals surface area contributed by atoms with Crippen LogP contribution in [0.2, 0.25) is 0 Å². The molecule has 0 spiro atoms. The first-order valence-electron chi connectivity index (χ1n) is 11.0. The fourth-order valence-corrected chi connectivity index (χ4v) is 4.42. The molecule has 3 aromatic carbocycles. The average Bonchev–Trinajstić information content (AvgIpc) is 3.23. The van der Waals surface area contributed by atoms with E-state index in [-0.39, 0.29) is 0 Å². The summed E-state index contributed by atoms with van der Waals surface area (Å²) < 4.78 is 2.05. The molecule has 0 atom stereocenters. The number of rotatable bonds is 3. The number of hydrogen-bond donors (Lipinski definition) is 0. The van der Waals surface area contributed by atoms with Crippen LogP contribution in [0.4, 0.5) is 17.1 Å². The molecule has 0 fully saturated rings. The minimum Gasteiger partial charge on any atom is -0.334 e. The minimum absolute atomic E-state index is 0.946. The van der Waals surface area contributed by atoms with Crippen molar-refractivity contribution in [3.05, 3.63) is 115 Å². The van der Waals surface area contributed by atoms with Gasteiger partial charge in [0.15, 0.2) is 0 Å². The molecule has 4 heteroatoms. The highest BCUT2D eigenvalue weighted by Gasteiger charge is 2.21. The molecule has 0 saturated heterocycles. The van der Waals surface area contributed by atoms with Gasteiger partial charge in [-0.1, -0.05) is 60.7 Å². The molecule has 1 aliphatic rings. The lowest BCUT2D eigenvalue weighted by molar-refractivity contribution is 0.925. The highest BCUT2D eigenvalue weighted by Crippen LogP contribution is 2.43. The van der Waals surface area contributed by atoms with Gasteiger partial charge < -0.3 is 9.47 Å². The summed E-state index contributed by atoms with van der Waals surface area (Å²) in [6, 6.07) is 29.7. The first-order valence-corrected chi connectivity index (χ1v) is 11.0. The van der Waals surface area contributed by atoms with Gasteiger partial charge in [0.05, 0.1) is 17.1 Å². The molecule has 0 amide bonds. The summed E-state index contributed by atoms with van der Waals surface area (Å²) in [5.74, 6) is 0.946. The Hall–Kier alpha value is -4.44. The van der Waals surface area contributed by atoms with Crippen molar-refractivity contribution in [3.8, 4) is 22.6 Å². The molecule has 5 aromatic rings. The molecule has 33 heavy (non-hydrogen) atoms. The molecule has 0 radical (unpaired) electrons. The Kier molecular flexibility index (Phi) is 4.62. The van der Waals surface area contributed by atoms with E-state index in [2.05, 4.69) is 93.7 Å². The molecule has 0 aliphatic carbocycles. The Bertz CT molecular complexity index is 1480. The quantitative estimate of drug-likeness (QED) is 0.303. The molecule has 4 nitrogen and oxygen atoms in total. The summed E-state index contributed by atoms with van der Waals surface area (Å²) in [4.78, 5) is 11.5. The minimum atomic E-state index is 0.946. The molecule has 6 rings (SSSR count). The molecule has 0 saturated carbocycles. The Morgan fingerprint density at radius 1 is 0.636 bits per heavy atom. The first kappa shape index (κ1) is 19.3. The maximum atomic E-state index is 4.57. The topological polar surface area (TPSA) is 34.0 Å². The second kappa shape index (κ2) is 7.92. The van der Waals surface area contributed by atoms with Crippen molar-refractivity contribution in [1.82, 2.24) is 14.5 Å². The van der Waals surface area contributed by atoms with E-state index in [1.54, 1.807) is 0 Å².